The van der Waals surface area contributed by atoms with Crippen molar-refractivity contribution in [3.8, 4) is 5.75 Å². The van der Waals surface area contributed by atoms with Gasteiger partial charge in [0.15, 0.2) is 0 Å². The summed E-state index contributed by atoms with van der Waals surface area (Å²) in [6.45, 7) is 6.63. The quantitative estimate of drug-likeness (QED) is 0.870. The molecule has 1 saturated heterocycles. The van der Waals surface area contributed by atoms with Crippen LogP contribution in [0.15, 0.2) is 24.3 Å². The van der Waals surface area contributed by atoms with Crippen LogP contribution in [-0.4, -0.2) is 25.9 Å². The first-order chi connectivity index (χ1) is 8.81. The molecule has 2 atom stereocenters. The van der Waals surface area contributed by atoms with Gasteiger partial charge in [0.05, 0.1) is 13.2 Å². The third-order valence-corrected chi connectivity index (χ3v) is 3.33. The van der Waals surface area contributed by atoms with Crippen LogP contribution in [0.5, 0.6) is 5.75 Å². The van der Waals surface area contributed by atoms with Crippen LogP contribution >= 0.6 is 0 Å². The average Bonchev–Trinajstić information content (AvgIpc) is 2.41. The van der Waals surface area contributed by atoms with E-state index in [9.17, 15) is 0 Å². The van der Waals surface area contributed by atoms with Crippen LogP contribution in [0, 0.1) is 0 Å². The molecule has 1 aliphatic rings. The van der Waals surface area contributed by atoms with E-state index in [0.29, 0.717) is 18.7 Å². The van der Waals surface area contributed by atoms with Crippen LogP contribution in [0.4, 0.5) is 0 Å². The molecule has 2 unspecified atom stereocenters. The first kappa shape index (κ1) is 13.4. The minimum absolute atomic E-state index is 0.291. The minimum Gasteiger partial charge on any atom is -0.494 e. The zero-order valence-electron chi connectivity index (χ0n) is 11.3. The van der Waals surface area contributed by atoms with Crippen LogP contribution in [0.1, 0.15) is 38.3 Å². The van der Waals surface area contributed by atoms with E-state index in [4.69, 9.17) is 9.47 Å². The molecular weight excluding hydrogens is 226 g/mol. The third-order valence-electron chi connectivity index (χ3n) is 3.33. The molecule has 1 N–H and O–H groups in total. The molecule has 0 aromatic heterocycles. The van der Waals surface area contributed by atoms with E-state index in [-0.39, 0.29) is 0 Å². The van der Waals surface area contributed by atoms with Gasteiger partial charge in [-0.25, -0.2) is 0 Å². The standard InChI is InChI=1S/C15H23NO2/c1-3-18-15-9-5-4-8-14(15)12(2)16-13-7-6-10-17-11-13/h4-5,8-9,12-13,16H,3,6-7,10-11H2,1-2H3. The summed E-state index contributed by atoms with van der Waals surface area (Å²) in [5, 5.41) is 3.63. The summed E-state index contributed by atoms with van der Waals surface area (Å²) in [6.07, 6.45) is 2.35. The van der Waals surface area contributed by atoms with E-state index in [2.05, 4.69) is 24.4 Å². The Morgan fingerprint density at radius 2 is 2.28 bits per heavy atom. The molecule has 0 radical (unpaired) electrons. The van der Waals surface area contributed by atoms with Crippen LogP contribution < -0.4 is 10.1 Å². The van der Waals surface area contributed by atoms with Crippen molar-refractivity contribution >= 4 is 0 Å². The number of para-hydroxylation sites is 1. The first-order valence-corrected chi connectivity index (χ1v) is 6.86. The summed E-state index contributed by atoms with van der Waals surface area (Å²) < 4.78 is 11.2. The fraction of sp³-hybridized carbons (Fsp3) is 0.600. The van der Waals surface area contributed by atoms with Gasteiger partial charge in [-0.15, -0.1) is 0 Å². The highest BCUT2D eigenvalue weighted by molar-refractivity contribution is 5.35. The maximum atomic E-state index is 5.68. The number of rotatable bonds is 5. The maximum absolute atomic E-state index is 5.68. The zero-order chi connectivity index (χ0) is 12.8. The molecule has 0 bridgehead atoms. The maximum Gasteiger partial charge on any atom is 0.124 e. The molecule has 18 heavy (non-hydrogen) atoms. The fourth-order valence-corrected chi connectivity index (χ4v) is 2.44. The van der Waals surface area contributed by atoms with Gasteiger partial charge in [0.1, 0.15) is 5.75 Å². The smallest absolute Gasteiger partial charge is 0.124 e. The fourth-order valence-electron chi connectivity index (χ4n) is 2.44. The molecule has 0 aliphatic carbocycles. The lowest BCUT2D eigenvalue weighted by Gasteiger charge is -2.27. The summed E-state index contributed by atoms with van der Waals surface area (Å²) >= 11 is 0. The van der Waals surface area contributed by atoms with Gasteiger partial charge in [-0.05, 0) is 32.8 Å². The molecule has 1 aromatic carbocycles. The molecule has 1 aromatic rings. The highest BCUT2D eigenvalue weighted by Crippen LogP contribution is 2.25. The van der Waals surface area contributed by atoms with Gasteiger partial charge in [0, 0.05) is 24.3 Å². The molecule has 100 valence electrons. The molecule has 2 rings (SSSR count). The Bertz CT molecular complexity index is 361. The second-order valence-corrected chi connectivity index (χ2v) is 4.77. The van der Waals surface area contributed by atoms with Gasteiger partial charge in [-0.3, -0.25) is 0 Å². The van der Waals surface area contributed by atoms with Gasteiger partial charge >= 0.3 is 0 Å². The predicted molar refractivity (Wildman–Crippen MR) is 73.0 cm³/mol. The largest absolute Gasteiger partial charge is 0.494 e. The van der Waals surface area contributed by atoms with E-state index < -0.39 is 0 Å². The van der Waals surface area contributed by atoms with Crippen LogP contribution in [-0.2, 0) is 4.74 Å². The van der Waals surface area contributed by atoms with Crippen molar-refractivity contribution in [1.29, 1.82) is 0 Å². The summed E-state index contributed by atoms with van der Waals surface area (Å²) in [5.41, 5.74) is 1.23. The molecule has 1 fully saturated rings. The average molecular weight is 249 g/mol. The van der Waals surface area contributed by atoms with Gasteiger partial charge in [0.2, 0.25) is 0 Å². The van der Waals surface area contributed by atoms with E-state index >= 15 is 0 Å². The lowest BCUT2D eigenvalue weighted by Crippen LogP contribution is -2.38. The lowest BCUT2D eigenvalue weighted by atomic mass is 10.0. The van der Waals surface area contributed by atoms with Gasteiger partial charge in [0.25, 0.3) is 0 Å². The number of hydrogen-bond acceptors (Lipinski definition) is 3. The summed E-state index contributed by atoms with van der Waals surface area (Å²) in [5.74, 6) is 0.983. The Hall–Kier alpha value is -1.06. The Balaban J connectivity index is 2.00. The summed E-state index contributed by atoms with van der Waals surface area (Å²) in [4.78, 5) is 0. The van der Waals surface area contributed by atoms with E-state index in [0.717, 1.165) is 25.4 Å². The molecule has 1 aliphatic heterocycles. The Morgan fingerprint density at radius 3 is 3.00 bits per heavy atom. The van der Waals surface area contributed by atoms with Crippen molar-refractivity contribution in [2.45, 2.75) is 38.8 Å². The monoisotopic (exact) mass is 249 g/mol. The van der Waals surface area contributed by atoms with Crippen LogP contribution in [0.2, 0.25) is 0 Å². The minimum atomic E-state index is 0.291. The van der Waals surface area contributed by atoms with Crippen LogP contribution in [0.25, 0.3) is 0 Å². The zero-order valence-corrected chi connectivity index (χ0v) is 11.3. The number of hydrogen-bond donors (Lipinski definition) is 1. The Kier molecular flexibility index (Phi) is 5.02. The molecular formula is C15H23NO2. The Morgan fingerprint density at radius 1 is 1.44 bits per heavy atom. The van der Waals surface area contributed by atoms with Crippen molar-refractivity contribution in [2.75, 3.05) is 19.8 Å². The second kappa shape index (κ2) is 6.76. The van der Waals surface area contributed by atoms with E-state index in [1.54, 1.807) is 0 Å². The topological polar surface area (TPSA) is 30.5 Å². The van der Waals surface area contributed by atoms with Crippen molar-refractivity contribution in [2.24, 2.45) is 0 Å². The van der Waals surface area contributed by atoms with Gasteiger partial charge in [-0.2, -0.15) is 0 Å². The highest BCUT2D eigenvalue weighted by Gasteiger charge is 2.18. The number of benzene rings is 1. The van der Waals surface area contributed by atoms with E-state index in [1.807, 2.05) is 19.1 Å². The molecule has 0 saturated carbocycles. The molecule has 3 heteroatoms. The molecule has 0 spiro atoms. The first-order valence-electron chi connectivity index (χ1n) is 6.86. The predicted octanol–water partition coefficient (Wildman–Crippen LogP) is 2.91. The molecule has 3 nitrogen and oxygen atoms in total. The van der Waals surface area contributed by atoms with Gasteiger partial charge < -0.3 is 14.8 Å². The van der Waals surface area contributed by atoms with E-state index in [1.165, 1.54) is 12.0 Å². The SMILES string of the molecule is CCOc1ccccc1C(C)NC1CCCOC1. The van der Waals surface area contributed by atoms with Crippen LogP contribution in [0.3, 0.4) is 0 Å². The normalized spacial score (nSPS) is 21.6. The van der Waals surface area contributed by atoms with Crippen molar-refractivity contribution in [3.63, 3.8) is 0 Å². The van der Waals surface area contributed by atoms with Crippen molar-refractivity contribution < 1.29 is 9.47 Å². The molecule has 1 heterocycles. The van der Waals surface area contributed by atoms with Crippen molar-refractivity contribution in [1.82, 2.24) is 5.32 Å². The van der Waals surface area contributed by atoms with Crippen molar-refractivity contribution in [3.05, 3.63) is 29.8 Å². The Labute approximate surface area is 109 Å². The lowest BCUT2D eigenvalue weighted by molar-refractivity contribution is 0.0669. The summed E-state index contributed by atoms with van der Waals surface area (Å²) in [6, 6.07) is 9.00. The number of ether oxygens (including phenoxy) is 2. The second-order valence-electron chi connectivity index (χ2n) is 4.77. The summed E-state index contributed by atoms with van der Waals surface area (Å²) in [7, 11) is 0. The number of nitrogens with one attached hydrogen (secondary N) is 1. The molecule has 0 amide bonds. The highest BCUT2D eigenvalue weighted by atomic mass is 16.5. The third kappa shape index (κ3) is 3.47. The van der Waals surface area contributed by atoms with Gasteiger partial charge in [-0.1, -0.05) is 18.2 Å².